The molecule has 0 radical (unpaired) electrons. The highest BCUT2D eigenvalue weighted by atomic mass is 79.9. The van der Waals surface area contributed by atoms with Crippen molar-refractivity contribution in [3.05, 3.63) is 52.1 Å². The van der Waals surface area contributed by atoms with E-state index in [1.807, 2.05) is 42.5 Å². The third-order valence-electron chi connectivity index (χ3n) is 3.01. The number of fused-ring (bicyclic) bond motifs is 1. The first-order valence-electron chi connectivity index (χ1n) is 6.20. The van der Waals surface area contributed by atoms with E-state index in [-0.39, 0.29) is 0 Å². The van der Waals surface area contributed by atoms with E-state index in [1.165, 1.54) is 0 Å². The summed E-state index contributed by atoms with van der Waals surface area (Å²) in [5.41, 5.74) is 0.850. The predicted octanol–water partition coefficient (Wildman–Crippen LogP) is 4.80. The van der Waals surface area contributed by atoms with E-state index >= 15 is 0 Å². The van der Waals surface area contributed by atoms with Crippen molar-refractivity contribution >= 4 is 49.8 Å². The van der Waals surface area contributed by atoms with Crippen LogP contribution in [0, 0.1) is 0 Å². The topological polar surface area (TPSA) is 47.0 Å². The zero-order valence-electron chi connectivity index (χ0n) is 11.1. The number of nitrogens with zero attached hydrogens (tertiary/aromatic N) is 2. The number of methoxy groups -OCH3 is 1. The number of ether oxygens (including phenoxy) is 1. The molecule has 6 heteroatoms. The lowest BCUT2D eigenvalue weighted by molar-refractivity contribution is 0.415. The molecule has 21 heavy (non-hydrogen) atoms. The number of nitrogens with one attached hydrogen (secondary N) is 1. The Hall–Kier alpha value is -1.85. The van der Waals surface area contributed by atoms with Crippen LogP contribution < -0.4 is 10.1 Å². The quantitative estimate of drug-likeness (QED) is 0.725. The van der Waals surface area contributed by atoms with Gasteiger partial charge >= 0.3 is 0 Å². The van der Waals surface area contributed by atoms with Crippen molar-refractivity contribution in [1.29, 1.82) is 0 Å². The summed E-state index contributed by atoms with van der Waals surface area (Å²) < 4.78 is 6.17. The first-order chi connectivity index (χ1) is 10.2. The summed E-state index contributed by atoms with van der Waals surface area (Å²) in [5.74, 6) is 1.40. The number of benzene rings is 2. The standard InChI is InChI=1S/C15H11BrClN3O/c1-21-11-7-9(16)6-10(8-11)18-15-13-5-3-2-4-12(13)14(17)19-20-15/h2-8H,1H3,(H,18,20). The second-order valence-electron chi connectivity index (χ2n) is 4.39. The Bertz CT molecular complexity index is 810. The van der Waals surface area contributed by atoms with E-state index in [4.69, 9.17) is 16.3 Å². The number of rotatable bonds is 3. The van der Waals surface area contributed by atoms with Crippen LogP contribution in [0.15, 0.2) is 46.9 Å². The zero-order valence-corrected chi connectivity index (χ0v) is 13.4. The molecular formula is C15H11BrClN3O. The van der Waals surface area contributed by atoms with Gasteiger partial charge in [0.2, 0.25) is 0 Å². The van der Waals surface area contributed by atoms with Gasteiger partial charge in [-0.05, 0) is 12.1 Å². The molecule has 0 unspecified atom stereocenters. The SMILES string of the molecule is COc1cc(Br)cc(Nc2nnc(Cl)c3ccccc23)c1. The first-order valence-corrected chi connectivity index (χ1v) is 7.37. The van der Waals surface area contributed by atoms with Gasteiger partial charge in [-0.1, -0.05) is 51.8 Å². The van der Waals surface area contributed by atoms with E-state index in [9.17, 15) is 0 Å². The van der Waals surface area contributed by atoms with Crippen LogP contribution >= 0.6 is 27.5 Å². The highest BCUT2D eigenvalue weighted by Crippen LogP contribution is 2.30. The van der Waals surface area contributed by atoms with E-state index in [0.717, 1.165) is 26.7 Å². The number of hydrogen-bond donors (Lipinski definition) is 1. The second-order valence-corrected chi connectivity index (χ2v) is 5.66. The molecule has 0 atom stereocenters. The number of anilines is 2. The van der Waals surface area contributed by atoms with Crippen LogP contribution in [0.5, 0.6) is 5.75 Å². The third-order valence-corrected chi connectivity index (χ3v) is 3.75. The lowest BCUT2D eigenvalue weighted by atomic mass is 10.2. The normalized spacial score (nSPS) is 10.6. The molecule has 3 aromatic rings. The molecule has 0 fully saturated rings. The maximum atomic E-state index is 6.08. The van der Waals surface area contributed by atoms with Crippen LogP contribution in [-0.2, 0) is 0 Å². The molecule has 0 aliphatic carbocycles. The smallest absolute Gasteiger partial charge is 0.161 e. The highest BCUT2D eigenvalue weighted by molar-refractivity contribution is 9.10. The fourth-order valence-corrected chi connectivity index (χ4v) is 2.73. The van der Waals surface area contributed by atoms with Crippen LogP contribution in [-0.4, -0.2) is 17.3 Å². The minimum Gasteiger partial charge on any atom is -0.497 e. The Morgan fingerprint density at radius 1 is 1.10 bits per heavy atom. The van der Waals surface area contributed by atoms with Crippen LogP contribution in [0.25, 0.3) is 10.8 Å². The van der Waals surface area contributed by atoms with Gasteiger partial charge in [0.25, 0.3) is 0 Å². The van der Waals surface area contributed by atoms with E-state index in [0.29, 0.717) is 11.0 Å². The van der Waals surface area contributed by atoms with Crippen LogP contribution in [0.4, 0.5) is 11.5 Å². The van der Waals surface area contributed by atoms with Gasteiger partial charge in [-0.25, -0.2) is 0 Å². The summed E-state index contributed by atoms with van der Waals surface area (Å²) >= 11 is 9.53. The molecule has 0 amide bonds. The van der Waals surface area contributed by atoms with Crippen molar-refractivity contribution < 1.29 is 4.74 Å². The lowest BCUT2D eigenvalue weighted by Crippen LogP contribution is -1.98. The average molecular weight is 365 g/mol. The summed E-state index contributed by atoms with van der Waals surface area (Å²) in [6.07, 6.45) is 0. The Balaban J connectivity index is 2.06. The molecule has 2 aromatic carbocycles. The van der Waals surface area contributed by atoms with Gasteiger partial charge in [0.05, 0.1) is 7.11 Å². The molecule has 1 aromatic heterocycles. The zero-order chi connectivity index (χ0) is 14.8. The van der Waals surface area contributed by atoms with Gasteiger partial charge in [-0.2, -0.15) is 0 Å². The fourth-order valence-electron chi connectivity index (χ4n) is 2.05. The maximum Gasteiger partial charge on any atom is 0.161 e. The van der Waals surface area contributed by atoms with Crippen molar-refractivity contribution in [2.75, 3.05) is 12.4 Å². The minimum absolute atomic E-state index is 0.392. The fraction of sp³-hybridized carbons (Fsp3) is 0.0667. The summed E-state index contributed by atoms with van der Waals surface area (Å²) in [6, 6.07) is 13.4. The molecule has 106 valence electrons. The molecule has 0 aliphatic heterocycles. The Labute approximate surface area is 135 Å². The van der Waals surface area contributed by atoms with E-state index in [1.54, 1.807) is 7.11 Å². The maximum absolute atomic E-state index is 6.08. The molecule has 3 rings (SSSR count). The minimum atomic E-state index is 0.392. The molecule has 0 aliphatic rings. The lowest BCUT2D eigenvalue weighted by Gasteiger charge is -2.10. The summed E-state index contributed by atoms with van der Waals surface area (Å²) in [6.45, 7) is 0. The Morgan fingerprint density at radius 3 is 2.62 bits per heavy atom. The van der Waals surface area contributed by atoms with Crippen molar-refractivity contribution in [3.63, 3.8) is 0 Å². The molecular weight excluding hydrogens is 354 g/mol. The monoisotopic (exact) mass is 363 g/mol. The second kappa shape index (κ2) is 5.87. The van der Waals surface area contributed by atoms with Gasteiger partial charge in [0.1, 0.15) is 5.75 Å². The third kappa shape index (κ3) is 2.94. The van der Waals surface area contributed by atoms with Gasteiger partial charge in [-0.15, -0.1) is 10.2 Å². The van der Waals surface area contributed by atoms with Crippen molar-refractivity contribution in [2.45, 2.75) is 0 Å². The highest BCUT2D eigenvalue weighted by Gasteiger charge is 2.08. The molecule has 4 nitrogen and oxygen atoms in total. The van der Waals surface area contributed by atoms with Gasteiger partial charge in [-0.3, -0.25) is 0 Å². The molecule has 0 saturated heterocycles. The van der Waals surface area contributed by atoms with E-state index < -0.39 is 0 Å². The predicted molar refractivity (Wildman–Crippen MR) is 88.5 cm³/mol. The Morgan fingerprint density at radius 2 is 1.86 bits per heavy atom. The summed E-state index contributed by atoms with van der Waals surface area (Å²) in [5, 5.41) is 13.5. The van der Waals surface area contributed by atoms with Crippen LogP contribution in [0.2, 0.25) is 5.15 Å². The van der Waals surface area contributed by atoms with Gasteiger partial charge in [0.15, 0.2) is 11.0 Å². The number of halogens is 2. The van der Waals surface area contributed by atoms with Crippen molar-refractivity contribution in [2.24, 2.45) is 0 Å². The average Bonchev–Trinajstić information content (AvgIpc) is 2.50. The van der Waals surface area contributed by atoms with Crippen molar-refractivity contribution in [1.82, 2.24) is 10.2 Å². The van der Waals surface area contributed by atoms with Gasteiger partial charge in [0, 0.05) is 27.0 Å². The first kappa shape index (κ1) is 14.1. The molecule has 0 bridgehead atoms. The number of aromatic nitrogens is 2. The molecule has 1 heterocycles. The largest absolute Gasteiger partial charge is 0.497 e. The van der Waals surface area contributed by atoms with Crippen LogP contribution in [0.3, 0.4) is 0 Å². The van der Waals surface area contributed by atoms with Gasteiger partial charge < -0.3 is 10.1 Å². The number of hydrogen-bond acceptors (Lipinski definition) is 4. The molecule has 1 N–H and O–H groups in total. The summed E-state index contributed by atoms with van der Waals surface area (Å²) in [4.78, 5) is 0. The van der Waals surface area contributed by atoms with E-state index in [2.05, 4.69) is 31.4 Å². The van der Waals surface area contributed by atoms with Crippen molar-refractivity contribution in [3.8, 4) is 5.75 Å². The molecule has 0 saturated carbocycles. The summed E-state index contributed by atoms with van der Waals surface area (Å²) in [7, 11) is 1.63. The Kier molecular flexibility index (Phi) is 3.94. The molecule has 0 spiro atoms. The van der Waals surface area contributed by atoms with Crippen LogP contribution in [0.1, 0.15) is 0 Å².